The minimum absolute atomic E-state index is 0. The number of benzene rings is 3. The molecule has 0 heterocycles. The second kappa shape index (κ2) is 15.6. The van der Waals surface area contributed by atoms with Gasteiger partial charge in [-0.3, -0.25) is 0 Å². The van der Waals surface area contributed by atoms with Crippen molar-refractivity contribution in [1.29, 1.82) is 0 Å². The van der Waals surface area contributed by atoms with E-state index < -0.39 is 0 Å². The van der Waals surface area contributed by atoms with Gasteiger partial charge in [0.15, 0.2) is 0 Å². The second-order valence-electron chi connectivity index (χ2n) is 10.7. The van der Waals surface area contributed by atoms with Crippen LogP contribution in [-0.4, -0.2) is 3.21 Å². The summed E-state index contributed by atoms with van der Waals surface area (Å²) in [7, 11) is 0. The Morgan fingerprint density at radius 2 is 1.51 bits per heavy atom. The summed E-state index contributed by atoms with van der Waals surface area (Å²) in [5.74, 6) is 0. The van der Waals surface area contributed by atoms with Gasteiger partial charge < -0.3 is 24.8 Å². The van der Waals surface area contributed by atoms with Crippen LogP contribution in [0.4, 0.5) is 0 Å². The SMILES string of the molecule is C=Cc1c[c-]c2c(c1)-c1cc(C=C)ccc1C2.C[C](=[Zr+2])c1ccc(C)cc1.Cc1cc(C(C)(C)C)c[cH-]1.[Cl-].[Cl-]. The molecule has 0 bridgehead atoms. The topological polar surface area (TPSA) is 0 Å². The van der Waals surface area contributed by atoms with E-state index in [9.17, 15) is 0 Å². The Labute approximate surface area is 263 Å². The molecule has 1 aliphatic carbocycles. The van der Waals surface area contributed by atoms with Crippen molar-refractivity contribution < 1.29 is 49.0 Å². The van der Waals surface area contributed by atoms with Crippen LogP contribution in [0.1, 0.15) is 72.2 Å². The molecule has 0 atom stereocenters. The predicted molar refractivity (Wildman–Crippen MR) is 160 cm³/mol. The fourth-order valence-electron chi connectivity index (χ4n) is 4.20. The maximum atomic E-state index is 3.82. The number of hydrogen-bond acceptors (Lipinski definition) is 0. The number of fused-ring (bicyclic) bond motifs is 3. The van der Waals surface area contributed by atoms with E-state index in [0.29, 0.717) is 5.41 Å². The third-order valence-electron chi connectivity index (χ3n) is 6.57. The van der Waals surface area contributed by atoms with E-state index in [1.807, 2.05) is 18.2 Å². The molecule has 0 saturated heterocycles. The standard InChI is InChI=1S/C17H13.C10H15.C9H10.2ClH.Zr/c1-3-12-5-7-14-11-15-8-6-13(4-2)10-17(15)16(14)9-12;1-8-5-6-9(7-8)10(2,3)4;1-3-9-6-4-8(2)5-7-9;;;/h3-7,9-10H,1-2,11H2;5-7H,1-4H3;4-7H,1-2H3;2*1H;/q2*-1;;;;+2/p-2. The molecular weight excluding hydrogens is 595 g/mol. The maximum Gasteiger partial charge on any atom is -0.0635 e. The Morgan fingerprint density at radius 1 is 0.897 bits per heavy atom. The average Bonchev–Trinajstić information content (AvgIpc) is 3.47. The van der Waals surface area contributed by atoms with E-state index in [2.05, 4.69) is 127 Å². The van der Waals surface area contributed by atoms with Gasteiger partial charge in [-0.1, -0.05) is 75.1 Å². The molecular formula is C36H38Cl2Zr-2. The van der Waals surface area contributed by atoms with Crippen molar-refractivity contribution in [2.75, 3.05) is 0 Å². The molecule has 0 spiro atoms. The van der Waals surface area contributed by atoms with Gasteiger partial charge in [0, 0.05) is 0 Å². The van der Waals surface area contributed by atoms with Gasteiger partial charge in [-0.2, -0.15) is 47.0 Å². The van der Waals surface area contributed by atoms with Crippen LogP contribution in [0.3, 0.4) is 0 Å². The van der Waals surface area contributed by atoms with Crippen LogP contribution in [0.25, 0.3) is 23.3 Å². The van der Waals surface area contributed by atoms with E-state index >= 15 is 0 Å². The van der Waals surface area contributed by atoms with Crippen molar-refractivity contribution in [3.8, 4) is 11.1 Å². The Kier molecular flexibility index (Phi) is 13.9. The minimum atomic E-state index is 0. The number of rotatable bonds is 3. The Morgan fingerprint density at radius 3 is 2.00 bits per heavy atom. The van der Waals surface area contributed by atoms with Gasteiger partial charge in [0.1, 0.15) is 0 Å². The molecule has 5 rings (SSSR count). The summed E-state index contributed by atoms with van der Waals surface area (Å²) in [4.78, 5) is 0. The molecule has 0 N–H and O–H groups in total. The molecule has 0 aliphatic heterocycles. The van der Waals surface area contributed by atoms with Crippen LogP contribution in [0.5, 0.6) is 0 Å². The predicted octanol–water partition coefficient (Wildman–Crippen LogP) is 3.45. The van der Waals surface area contributed by atoms with E-state index in [-0.39, 0.29) is 24.8 Å². The first kappa shape index (κ1) is 34.9. The molecule has 0 aromatic heterocycles. The van der Waals surface area contributed by atoms with Crippen molar-refractivity contribution in [2.24, 2.45) is 0 Å². The fourth-order valence-corrected chi connectivity index (χ4v) is 4.61. The normalized spacial score (nSPS) is 10.7. The molecule has 0 fully saturated rings. The minimum Gasteiger partial charge on any atom is -1.00 e. The summed E-state index contributed by atoms with van der Waals surface area (Å²) in [6, 6.07) is 29.4. The largest absolute Gasteiger partial charge is 1.00 e. The zero-order valence-corrected chi connectivity index (χ0v) is 27.9. The Balaban J connectivity index is 0.000000303. The second-order valence-corrected chi connectivity index (χ2v) is 12.6. The third kappa shape index (κ3) is 9.75. The molecule has 0 amide bonds. The van der Waals surface area contributed by atoms with E-state index in [1.54, 1.807) is 0 Å². The first-order valence-corrected chi connectivity index (χ1v) is 14.0. The Hall–Kier alpha value is -2.18. The average molecular weight is 633 g/mol. The van der Waals surface area contributed by atoms with Crippen LogP contribution >= 0.6 is 0 Å². The van der Waals surface area contributed by atoms with Gasteiger partial charge in [-0.25, -0.2) is 6.07 Å². The molecule has 4 aromatic carbocycles. The van der Waals surface area contributed by atoms with Crippen molar-refractivity contribution in [1.82, 2.24) is 0 Å². The first-order chi connectivity index (χ1) is 17.5. The molecule has 39 heavy (non-hydrogen) atoms. The van der Waals surface area contributed by atoms with Crippen molar-refractivity contribution >= 4 is 15.4 Å². The quantitative estimate of drug-likeness (QED) is 0.268. The van der Waals surface area contributed by atoms with E-state index in [0.717, 1.165) is 12.0 Å². The number of aryl methyl sites for hydroxylation is 2. The maximum absolute atomic E-state index is 3.82. The molecule has 0 nitrogen and oxygen atoms in total. The zero-order valence-electron chi connectivity index (χ0n) is 24.0. The van der Waals surface area contributed by atoms with Gasteiger partial charge in [0.25, 0.3) is 0 Å². The molecule has 0 unspecified atom stereocenters. The van der Waals surface area contributed by atoms with Gasteiger partial charge in [0.05, 0.1) is 0 Å². The summed E-state index contributed by atoms with van der Waals surface area (Å²) in [5, 5.41) is 0. The summed E-state index contributed by atoms with van der Waals surface area (Å²) in [6.45, 7) is 20.8. The Bertz CT molecular complexity index is 1340. The zero-order chi connectivity index (χ0) is 27.2. The van der Waals surface area contributed by atoms with Crippen LogP contribution in [-0.2, 0) is 36.1 Å². The number of halogens is 2. The van der Waals surface area contributed by atoms with Crippen molar-refractivity contribution in [2.45, 2.75) is 53.4 Å². The van der Waals surface area contributed by atoms with Gasteiger partial charge >= 0.3 is 76.7 Å². The van der Waals surface area contributed by atoms with Crippen LogP contribution in [0.2, 0.25) is 0 Å². The van der Waals surface area contributed by atoms with Crippen LogP contribution in [0.15, 0.2) is 86.0 Å². The molecule has 3 heteroatoms. The van der Waals surface area contributed by atoms with E-state index in [1.165, 1.54) is 77.5 Å². The van der Waals surface area contributed by atoms with Crippen molar-refractivity contribution in [3.05, 3.63) is 137 Å². The monoisotopic (exact) mass is 630 g/mol. The third-order valence-corrected chi connectivity index (χ3v) is 7.28. The van der Waals surface area contributed by atoms with Crippen LogP contribution < -0.4 is 24.8 Å². The fraction of sp³-hybridized carbons (Fsp3) is 0.222. The number of hydrogen-bond donors (Lipinski definition) is 0. The first-order valence-electron chi connectivity index (χ1n) is 12.8. The van der Waals surface area contributed by atoms with Gasteiger partial charge in [-0.15, -0.1) is 23.8 Å². The van der Waals surface area contributed by atoms with Gasteiger partial charge in [0.2, 0.25) is 0 Å². The molecule has 0 radical (unpaired) electrons. The summed E-state index contributed by atoms with van der Waals surface area (Å²) in [5.41, 5.74) is 13.4. The summed E-state index contributed by atoms with van der Waals surface area (Å²) < 4.78 is 1.46. The summed E-state index contributed by atoms with van der Waals surface area (Å²) in [6.07, 6.45) is 4.74. The van der Waals surface area contributed by atoms with Gasteiger partial charge in [-0.05, 0) is 12.0 Å². The van der Waals surface area contributed by atoms with Crippen LogP contribution in [0, 0.1) is 19.9 Å². The molecule has 202 valence electrons. The van der Waals surface area contributed by atoms with E-state index in [4.69, 9.17) is 0 Å². The molecule has 0 saturated carbocycles. The van der Waals surface area contributed by atoms with Crippen molar-refractivity contribution in [3.63, 3.8) is 0 Å². The molecule has 4 aromatic rings. The molecule has 1 aliphatic rings. The summed E-state index contributed by atoms with van der Waals surface area (Å²) >= 11 is 1.51. The smallest absolute Gasteiger partial charge is 0.0635 e.